The molecule has 0 saturated heterocycles. The molecule has 0 heterocycles. The summed E-state index contributed by atoms with van der Waals surface area (Å²) in [5.41, 5.74) is 2.79. The first-order valence-electron chi connectivity index (χ1n) is 15.3. The first-order chi connectivity index (χ1) is 22.1. The molecule has 0 saturated carbocycles. The number of anilines is 1. The highest BCUT2D eigenvalue weighted by molar-refractivity contribution is 9.10. The fourth-order valence-corrected chi connectivity index (χ4v) is 6.91. The number of carbonyl (C=O) groups is 2. The van der Waals surface area contributed by atoms with Gasteiger partial charge in [0.25, 0.3) is 10.0 Å². The Morgan fingerprint density at radius 2 is 1.54 bits per heavy atom. The van der Waals surface area contributed by atoms with Crippen molar-refractivity contribution in [2.75, 3.05) is 24.0 Å². The minimum Gasteiger partial charge on any atom is -0.492 e. The van der Waals surface area contributed by atoms with E-state index in [9.17, 15) is 18.0 Å². The molecule has 0 radical (unpaired) electrons. The highest BCUT2D eigenvalue weighted by Crippen LogP contribution is 2.33. The molecule has 1 atom stereocenters. The number of para-hydroxylation sites is 2. The van der Waals surface area contributed by atoms with Crippen LogP contribution in [-0.2, 0) is 32.6 Å². The first kappa shape index (κ1) is 34.7. The summed E-state index contributed by atoms with van der Waals surface area (Å²) < 4.78 is 36.4. The van der Waals surface area contributed by atoms with E-state index in [0.717, 1.165) is 31.9 Å². The van der Waals surface area contributed by atoms with Gasteiger partial charge in [0.2, 0.25) is 11.8 Å². The van der Waals surface area contributed by atoms with Crippen LogP contribution in [0.4, 0.5) is 5.69 Å². The average Bonchev–Trinajstić information content (AvgIpc) is 3.05. The van der Waals surface area contributed by atoms with Gasteiger partial charge in [-0.1, -0.05) is 95.1 Å². The van der Waals surface area contributed by atoms with Gasteiger partial charge in [0.05, 0.1) is 17.2 Å². The maximum Gasteiger partial charge on any atom is 0.264 e. The zero-order chi connectivity index (χ0) is 33.1. The van der Waals surface area contributed by atoms with Gasteiger partial charge in [0, 0.05) is 24.0 Å². The smallest absolute Gasteiger partial charge is 0.264 e. The predicted octanol–water partition coefficient (Wildman–Crippen LogP) is 6.52. The summed E-state index contributed by atoms with van der Waals surface area (Å²) in [4.78, 5) is 29.9. The van der Waals surface area contributed by atoms with Gasteiger partial charge >= 0.3 is 0 Å². The van der Waals surface area contributed by atoms with E-state index in [2.05, 4.69) is 21.2 Å². The molecule has 0 aliphatic heterocycles. The van der Waals surface area contributed by atoms with Crippen LogP contribution in [0.5, 0.6) is 5.75 Å². The Hall–Kier alpha value is -4.15. The fourth-order valence-electron chi connectivity index (χ4n) is 5.04. The van der Waals surface area contributed by atoms with Gasteiger partial charge in [-0.2, -0.15) is 0 Å². The highest BCUT2D eigenvalue weighted by atomic mass is 79.9. The van der Waals surface area contributed by atoms with Gasteiger partial charge in [0.1, 0.15) is 18.3 Å². The van der Waals surface area contributed by atoms with Crippen LogP contribution in [0, 0.1) is 6.92 Å². The topological polar surface area (TPSA) is 96.0 Å². The molecule has 0 fully saturated rings. The molecule has 242 valence electrons. The maximum atomic E-state index is 14.6. The summed E-state index contributed by atoms with van der Waals surface area (Å²) >= 11 is 3.51. The van der Waals surface area contributed by atoms with E-state index >= 15 is 0 Å². The fraction of sp³-hybridized carbons (Fsp3) is 0.278. The number of sulfonamides is 1. The molecular formula is C36H40BrN3O5S. The van der Waals surface area contributed by atoms with Crippen LogP contribution in [0.2, 0.25) is 0 Å². The minimum atomic E-state index is -4.24. The summed E-state index contributed by atoms with van der Waals surface area (Å²) in [6.07, 6.45) is 0.969. The number of halogens is 1. The molecule has 4 aromatic carbocycles. The van der Waals surface area contributed by atoms with E-state index in [4.69, 9.17) is 4.74 Å². The predicted molar refractivity (Wildman–Crippen MR) is 185 cm³/mol. The number of benzene rings is 4. The number of hydrogen-bond donors (Lipinski definition) is 1. The van der Waals surface area contributed by atoms with Crippen molar-refractivity contribution in [1.82, 2.24) is 10.2 Å². The number of rotatable bonds is 15. The number of amides is 2. The van der Waals surface area contributed by atoms with Crippen molar-refractivity contribution in [1.29, 1.82) is 0 Å². The Morgan fingerprint density at radius 3 is 2.22 bits per heavy atom. The second-order valence-corrected chi connectivity index (χ2v) is 13.7. The number of nitrogens with zero attached hydrogens (tertiary/aromatic N) is 2. The average molecular weight is 707 g/mol. The number of hydrogen-bond acceptors (Lipinski definition) is 5. The van der Waals surface area contributed by atoms with Gasteiger partial charge in [0.15, 0.2) is 0 Å². The molecule has 10 heteroatoms. The largest absolute Gasteiger partial charge is 0.492 e. The van der Waals surface area contributed by atoms with E-state index in [-0.39, 0.29) is 29.5 Å². The van der Waals surface area contributed by atoms with Gasteiger partial charge < -0.3 is 15.0 Å². The summed E-state index contributed by atoms with van der Waals surface area (Å²) in [5, 5.41) is 2.96. The van der Waals surface area contributed by atoms with E-state index in [0.29, 0.717) is 18.9 Å². The van der Waals surface area contributed by atoms with E-state index in [1.807, 2.05) is 75.4 Å². The van der Waals surface area contributed by atoms with Crippen LogP contribution in [0.3, 0.4) is 0 Å². The second kappa shape index (κ2) is 16.4. The maximum absolute atomic E-state index is 14.6. The second-order valence-electron chi connectivity index (χ2n) is 10.9. The summed E-state index contributed by atoms with van der Waals surface area (Å²) in [7, 11) is -4.24. The van der Waals surface area contributed by atoms with Crippen LogP contribution in [0.1, 0.15) is 37.0 Å². The van der Waals surface area contributed by atoms with Crippen molar-refractivity contribution in [2.45, 2.75) is 51.1 Å². The molecule has 1 unspecified atom stereocenters. The van der Waals surface area contributed by atoms with E-state index < -0.39 is 28.5 Å². The van der Waals surface area contributed by atoms with Gasteiger partial charge in [-0.15, -0.1) is 0 Å². The van der Waals surface area contributed by atoms with E-state index in [1.165, 1.54) is 17.0 Å². The highest BCUT2D eigenvalue weighted by Gasteiger charge is 2.35. The van der Waals surface area contributed by atoms with Gasteiger partial charge in [-0.3, -0.25) is 13.9 Å². The lowest BCUT2D eigenvalue weighted by Crippen LogP contribution is -2.53. The number of nitrogens with one attached hydrogen (secondary N) is 1. The molecular weight excluding hydrogens is 666 g/mol. The van der Waals surface area contributed by atoms with Crippen molar-refractivity contribution in [2.24, 2.45) is 0 Å². The van der Waals surface area contributed by atoms with E-state index in [1.54, 1.807) is 36.4 Å². The van der Waals surface area contributed by atoms with Crippen molar-refractivity contribution < 1.29 is 22.7 Å². The molecule has 0 aliphatic rings. The van der Waals surface area contributed by atoms with Gasteiger partial charge in [-0.25, -0.2) is 8.42 Å². The molecule has 46 heavy (non-hydrogen) atoms. The van der Waals surface area contributed by atoms with Crippen LogP contribution >= 0.6 is 15.9 Å². The van der Waals surface area contributed by atoms with Crippen LogP contribution in [0.15, 0.2) is 112 Å². The minimum absolute atomic E-state index is 0.0391. The Bertz CT molecular complexity index is 1720. The monoisotopic (exact) mass is 705 g/mol. The third-order valence-electron chi connectivity index (χ3n) is 7.38. The number of ether oxygens (including phenoxy) is 1. The van der Waals surface area contributed by atoms with Crippen molar-refractivity contribution in [3.8, 4) is 5.75 Å². The van der Waals surface area contributed by atoms with Crippen molar-refractivity contribution in [3.63, 3.8) is 0 Å². The van der Waals surface area contributed by atoms with Crippen LogP contribution in [0.25, 0.3) is 0 Å². The molecule has 0 aromatic heterocycles. The molecule has 1 N–H and O–H groups in total. The zero-order valence-corrected chi connectivity index (χ0v) is 28.8. The molecule has 4 rings (SSSR count). The van der Waals surface area contributed by atoms with Crippen LogP contribution in [-0.4, -0.2) is 50.9 Å². The third kappa shape index (κ3) is 8.98. The summed E-state index contributed by atoms with van der Waals surface area (Å²) in [6, 6.07) is 29.3. The summed E-state index contributed by atoms with van der Waals surface area (Å²) in [5.74, 6) is -0.514. The lowest BCUT2D eigenvalue weighted by atomic mass is 10.0. The first-order valence-corrected chi connectivity index (χ1v) is 17.5. The molecule has 8 nitrogen and oxygen atoms in total. The molecule has 4 aromatic rings. The van der Waals surface area contributed by atoms with Crippen molar-refractivity contribution >= 4 is 43.5 Å². The normalized spacial score (nSPS) is 11.8. The Morgan fingerprint density at radius 1 is 0.870 bits per heavy atom. The Labute approximate surface area is 280 Å². The molecule has 0 spiro atoms. The lowest BCUT2D eigenvalue weighted by Gasteiger charge is -2.34. The third-order valence-corrected chi connectivity index (χ3v) is 9.65. The summed E-state index contributed by atoms with van der Waals surface area (Å²) in [6.45, 7) is 5.91. The molecule has 2 amide bonds. The zero-order valence-electron chi connectivity index (χ0n) is 26.4. The van der Waals surface area contributed by atoms with Crippen molar-refractivity contribution in [3.05, 3.63) is 124 Å². The molecule has 0 bridgehead atoms. The number of aryl methyl sites for hydroxylation is 1. The SMILES string of the molecule is CCCNC(=O)C(Cc1ccccc1)N(Cc1cccc(Br)c1)C(=O)CN(c1ccccc1OCC)S(=O)(=O)c1ccc(C)cc1. The Balaban J connectivity index is 1.83. The molecule has 0 aliphatic carbocycles. The lowest BCUT2D eigenvalue weighted by molar-refractivity contribution is -0.140. The quantitative estimate of drug-likeness (QED) is 0.152. The van der Waals surface area contributed by atoms with Gasteiger partial charge in [-0.05, 0) is 67.8 Å². The number of carbonyl (C=O) groups excluding carboxylic acids is 2. The Kier molecular flexibility index (Phi) is 12.4. The standard InChI is InChI=1S/C36H40BrN3O5S/c1-4-22-38-36(42)33(24-28-12-7-6-8-13-28)39(25-29-14-11-15-30(37)23-29)35(41)26-40(32-16-9-10-17-34(32)45-5-2)46(43,44)31-20-18-27(3)19-21-31/h6-21,23,33H,4-5,22,24-26H2,1-3H3,(H,38,42). The van der Waals surface area contributed by atoms with Crippen LogP contribution < -0.4 is 14.4 Å².